The fourth-order valence-electron chi connectivity index (χ4n) is 1.75. The summed E-state index contributed by atoms with van der Waals surface area (Å²) in [5, 5.41) is 10.2. The number of rotatable bonds is 3. The largest absolute Gasteiger partial charge is 0.390 e. The second-order valence-electron chi connectivity index (χ2n) is 5.43. The zero-order valence-electron chi connectivity index (χ0n) is 12.0. The molecule has 20 heavy (non-hydrogen) atoms. The predicted molar refractivity (Wildman–Crippen MR) is 76.7 cm³/mol. The first-order valence-corrected chi connectivity index (χ1v) is 7.03. The van der Waals surface area contributed by atoms with E-state index in [-0.39, 0.29) is 17.7 Å². The van der Waals surface area contributed by atoms with E-state index in [1.165, 1.54) is 11.8 Å². The van der Waals surface area contributed by atoms with E-state index in [4.69, 9.17) is 5.11 Å². The summed E-state index contributed by atoms with van der Waals surface area (Å²) in [4.78, 5) is 20.7. The monoisotopic (exact) mass is 294 g/mol. The second-order valence-corrected chi connectivity index (χ2v) is 6.39. The van der Waals surface area contributed by atoms with Gasteiger partial charge in [-0.25, -0.2) is 9.97 Å². The van der Waals surface area contributed by atoms with E-state index in [9.17, 15) is 4.79 Å². The van der Waals surface area contributed by atoms with Crippen molar-refractivity contribution in [1.29, 1.82) is 0 Å². The smallest absolute Gasteiger partial charge is 0.284 e. The van der Waals surface area contributed by atoms with Gasteiger partial charge < -0.3 is 14.2 Å². The summed E-state index contributed by atoms with van der Waals surface area (Å²) < 4.78 is 3.40. The van der Waals surface area contributed by atoms with Crippen LogP contribution in [0, 0.1) is 0 Å². The minimum atomic E-state index is -0.298. The molecule has 0 aliphatic rings. The zero-order valence-corrected chi connectivity index (χ0v) is 12.8. The van der Waals surface area contributed by atoms with Gasteiger partial charge in [-0.2, -0.15) is 0 Å². The van der Waals surface area contributed by atoms with Gasteiger partial charge in [-0.1, -0.05) is 0 Å². The van der Waals surface area contributed by atoms with Crippen LogP contribution >= 0.6 is 11.8 Å². The van der Waals surface area contributed by atoms with Gasteiger partial charge in [0.05, 0.1) is 18.5 Å². The molecule has 0 aliphatic heterocycles. The van der Waals surface area contributed by atoms with Gasteiger partial charge >= 0.3 is 0 Å². The lowest BCUT2D eigenvalue weighted by molar-refractivity contribution is 0.271. The van der Waals surface area contributed by atoms with Crippen LogP contribution in [0.1, 0.15) is 26.5 Å². The van der Waals surface area contributed by atoms with Gasteiger partial charge in [0.2, 0.25) is 0 Å². The van der Waals surface area contributed by atoms with Gasteiger partial charge in [0.15, 0.2) is 10.2 Å². The minimum Gasteiger partial charge on any atom is -0.390 e. The third-order valence-electron chi connectivity index (χ3n) is 2.92. The van der Waals surface area contributed by atoms with Crippen molar-refractivity contribution >= 4 is 11.8 Å². The van der Waals surface area contributed by atoms with E-state index in [0.29, 0.717) is 15.9 Å². The highest BCUT2D eigenvalue weighted by Crippen LogP contribution is 2.23. The number of aromatic nitrogens is 4. The molecule has 0 atom stereocenters. The van der Waals surface area contributed by atoms with Gasteiger partial charge in [-0.3, -0.25) is 4.79 Å². The van der Waals surface area contributed by atoms with Crippen molar-refractivity contribution in [1.82, 2.24) is 19.1 Å². The molecule has 0 unspecified atom stereocenters. The molecular formula is C13H18N4O2S. The molecule has 0 aliphatic carbocycles. The number of hydrogen-bond acceptors (Lipinski definition) is 5. The first kappa shape index (κ1) is 14.8. The molecule has 108 valence electrons. The molecule has 2 aromatic rings. The van der Waals surface area contributed by atoms with E-state index in [1.807, 2.05) is 20.8 Å². The average molecular weight is 294 g/mol. The van der Waals surface area contributed by atoms with E-state index < -0.39 is 0 Å². The molecule has 2 rings (SSSR count). The van der Waals surface area contributed by atoms with Crippen molar-refractivity contribution in [3.63, 3.8) is 0 Å². The van der Waals surface area contributed by atoms with Crippen LogP contribution in [0.3, 0.4) is 0 Å². The molecule has 2 heterocycles. The molecule has 0 saturated carbocycles. The number of nitrogens with zero attached hydrogens (tertiary/aromatic N) is 4. The maximum absolute atomic E-state index is 12.4. The summed E-state index contributed by atoms with van der Waals surface area (Å²) in [7, 11) is 1.80. The van der Waals surface area contributed by atoms with Crippen LogP contribution in [-0.2, 0) is 19.2 Å². The lowest BCUT2D eigenvalue weighted by Gasteiger charge is -2.22. The van der Waals surface area contributed by atoms with Crippen LogP contribution < -0.4 is 5.56 Å². The molecule has 0 amide bonds. The Kier molecular flexibility index (Phi) is 4.01. The Hall–Kier alpha value is -1.60. The molecular weight excluding hydrogens is 276 g/mol. The standard InChI is InChI=1S/C13H18N4O2S/c1-13(2,3)17-6-5-14-10(11(17)19)20-12-15-7-9(8-18)16(12)4/h5-7,18H,8H2,1-4H3. The lowest BCUT2D eigenvalue weighted by Crippen LogP contribution is -2.34. The fourth-order valence-corrected chi connectivity index (χ4v) is 2.58. The summed E-state index contributed by atoms with van der Waals surface area (Å²) in [6.07, 6.45) is 4.89. The Morgan fingerprint density at radius 1 is 1.35 bits per heavy atom. The molecule has 0 saturated heterocycles. The number of aliphatic hydroxyl groups is 1. The average Bonchev–Trinajstić information content (AvgIpc) is 2.71. The van der Waals surface area contributed by atoms with E-state index >= 15 is 0 Å². The van der Waals surface area contributed by atoms with Crippen LogP contribution in [-0.4, -0.2) is 24.2 Å². The Bertz CT molecular complexity index is 670. The first-order valence-electron chi connectivity index (χ1n) is 6.22. The highest BCUT2D eigenvalue weighted by molar-refractivity contribution is 7.99. The van der Waals surface area contributed by atoms with E-state index in [1.54, 1.807) is 34.8 Å². The highest BCUT2D eigenvalue weighted by atomic mass is 32.2. The third-order valence-corrected chi connectivity index (χ3v) is 3.96. The summed E-state index contributed by atoms with van der Waals surface area (Å²) in [5.41, 5.74) is 0.255. The number of hydrogen-bond donors (Lipinski definition) is 1. The van der Waals surface area contributed by atoms with Gasteiger partial charge in [-0.15, -0.1) is 0 Å². The summed E-state index contributed by atoms with van der Waals surface area (Å²) in [6.45, 7) is 5.81. The molecule has 0 spiro atoms. The van der Waals surface area contributed by atoms with E-state index in [2.05, 4.69) is 9.97 Å². The molecule has 2 aromatic heterocycles. The summed E-state index contributed by atoms with van der Waals surface area (Å²) >= 11 is 1.20. The maximum Gasteiger partial charge on any atom is 0.284 e. The second kappa shape index (κ2) is 5.41. The van der Waals surface area contributed by atoms with Crippen molar-refractivity contribution in [2.75, 3.05) is 0 Å². The van der Waals surface area contributed by atoms with Crippen molar-refractivity contribution in [2.45, 2.75) is 43.1 Å². The van der Waals surface area contributed by atoms with Gasteiger partial charge in [0, 0.05) is 25.0 Å². The predicted octanol–water partition coefficient (Wildman–Crippen LogP) is 1.38. The summed E-state index contributed by atoms with van der Waals surface area (Å²) in [5.74, 6) is 0. The zero-order chi connectivity index (χ0) is 14.9. The van der Waals surface area contributed by atoms with Gasteiger partial charge in [0.1, 0.15) is 0 Å². The topological polar surface area (TPSA) is 72.9 Å². The maximum atomic E-state index is 12.4. The molecule has 7 heteroatoms. The van der Waals surface area contributed by atoms with Crippen molar-refractivity contribution in [3.8, 4) is 0 Å². The Morgan fingerprint density at radius 2 is 2.05 bits per heavy atom. The molecule has 0 bridgehead atoms. The number of imidazole rings is 1. The van der Waals surface area contributed by atoms with Gasteiger partial charge in [-0.05, 0) is 32.5 Å². The number of aliphatic hydroxyl groups excluding tert-OH is 1. The highest BCUT2D eigenvalue weighted by Gasteiger charge is 2.18. The van der Waals surface area contributed by atoms with Crippen LogP contribution in [0.5, 0.6) is 0 Å². The Morgan fingerprint density at radius 3 is 2.60 bits per heavy atom. The Labute approximate surface area is 121 Å². The summed E-state index contributed by atoms with van der Waals surface area (Å²) in [6, 6.07) is 0. The third kappa shape index (κ3) is 2.78. The van der Waals surface area contributed by atoms with Gasteiger partial charge in [0.25, 0.3) is 5.56 Å². The normalized spacial score (nSPS) is 11.8. The molecule has 1 N–H and O–H groups in total. The fraction of sp³-hybridized carbons (Fsp3) is 0.462. The first-order chi connectivity index (χ1) is 9.34. The minimum absolute atomic E-state index is 0.0848. The molecule has 6 nitrogen and oxygen atoms in total. The molecule has 0 aromatic carbocycles. The van der Waals surface area contributed by atoms with Crippen LogP contribution in [0.15, 0.2) is 33.6 Å². The van der Waals surface area contributed by atoms with Crippen LogP contribution in [0.25, 0.3) is 0 Å². The Balaban J connectivity index is 2.40. The SMILES string of the molecule is Cn1c(CO)cnc1Sc1nccn(C(C)(C)C)c1=O. The van der Waals surface area contributed by atoms with Crippen LogP contribution in [0.2, 0.25) is 0 Å². The van der Waals surface area contributed by atoms with Crippen molar-refractivity contribution in [3.05, 3.63) is 34.6 Å². The van der Waals surface area contributed by atoms with E-state index in [0.717, 1.165) is 0 Å². The molecule has 0 fully saturated rings. The van der Waals surface area contributed by atoms with Crippen molar-refractivity contribution < 1.29 is 5.11 Å². The lowest BCUT2D eigenvalue weighted by atomic mass is 10.1. The van der Waals surface area contributed by atoms with Crippen molar-refractivity contribution in [2.24, 2.45) is 7.05 Å². The van der Waals surface area contributed by atoms with Crippen LogP contribution in [0.4, 0.5) is 0 Å². The quantitative estimate of drug-likeness (QED) is 0.925. The molecule has 0 radical (unpaired) electrons.